The van der Waals surface area contributed by atoms with Crippen molar-refractivity contribution >= 4 is 27.3 Å². The van der Waals surface area contributed by atoms with Crippen molar-refractivity contribution in [1.82, 2.24) is 15.0 Å². The molecule has 6 heteroatoms. The van der Waals surface area contributed by atoms with Crippen LogP contribution in [0.25, 0.3) is 0 Å². The van der Waals surface area contributed by atoms with Crippen molar-refractivity contribution in [3.8, 4) is 0 Å². The lowest BCUT2D eigenvalue weighted by atomic mass is 10.2. The van der Waals surface area contributed by atoms with E-state index in [0.29, 0.717) is 0 Å². The first-order valence-corrected chi connectivity index (χ1v) is 6.75. The van der Waals surface area contributed by atoms with Crippen LogP contribution in [0.3, 0.4) is 0 Å². The molecule has 1 atom stereocenters. The number of thiophene rings is 1. The number of nitrogens with zero attached hydrogens (tertiary/aromatic N) is 3. The number of hydrogen-bond donors (Lipinski definition) is 1. The van der Waals surface area contributed by atoms with Gasteiger partial charge in [-0.15, -0.1) is 16.4 Å². The van der Waals surface area contributed by atoms with Crippen LogP contribution in [-0.2, 0) is 6.54 Å². The molecule has 0 bridgehead atoms. The molecule has 0 aliphatic carbocycles. The second kappa shape index (κ2) is 5.07. The first kappa shape index (κ1) is 11.8. The van der Waals surface area contributed by atoms with E-state index in [0.717, 1.165) is 23.1 Å². The van der Waals surface area contributed by atoms with Gasteiger partial charge in [-0.1, -0.05) is 12.1 Å². The SMILES string of the molecule is CCC(N)c1cn(Cc2sccc2Br)nn1. The first-order valence-electron chi connectivity index (χ1n) is 5.08. The third kappa shape index (κ3) is 2.50. The zero-order valence-electron chi connectivity index (χ0n) is 8.93. The van der Waals surface area contributed by atoms with Crippen LogP contribution >= 0.6 is 27.3 Å². The number of aromatic nitrogens is 3. The summed E-state index contributed by atoms with van der Waals surface area (Å²) in [5.41, 5.74) is 6.75. The second-order valence-corrected chi connectivity index (χ2v) is 5.40. The fourth-order valence-corrected chi connectivity index (χ4v) is 2.82. The Morgan fingerprint density at radius 1 is 1.62 bits per heavy atom. The number of rotatable bonds is 4. The van der Waals surface area contributed by atoms with Crippen LogP contribution in [0.2, 0.25) is 0 Å². The molecule has 0 aliphatic rings. The van der Waals surface area contributed by atoms with Gasteiger partial charge in [0, 0.05) is 9.35 Å². The lowest BCUT2D eigenvalue weighted by molar-refractivity contribution is 0.648. The summed E-state index contributed by atoms with van der Waals surface area (Å²) in [5.74, 6) is 0. The fraction of sp³-hybridized carbons (Fsp3) is 0.400. The Labute approximate surface area is 107 Å². The highest BCUT2D eigenvalue weighted by Gasteiger charge is 2.09. The highest BCUT2D eigenvalue weighted by atomic mass is 79.9. The van der Waals surface area contributed by atoms with E-state index in [4.69, 9.17) is 5.73 Å². The number of hydrogen-bond acceptors (Lipinski definition) is 4. The molecule has 86 valence electrons. The molecule has 16 heavy (non-hydrogen) atoms. The topological polar surface area (TPSA) is 56.7 Å². The fourth-order valence-electron chi connectivity index (χ4n) is 1.35. The molecular formula is C10H13BrN4S. The van der Waals surface area contributed by atoms with E-state index in [1.54, 1.807) is 11.3 Å². The highest BCUT2D eigenvalue weighted by Crippen LogP contribution is 2.23. The lowest BCUT2D eigenvalue weighted by Crippen LogP contribution is -2.08. The Balaban J connectivity index is 2.11. The molecule has 0 spiro atoms. The van der Waals surface area contributed by atoms with Gasteiger partial charge in [0.1, 0.15) is 0 Å². The molecule has 2 heterocycles. The molecular weight excluding hydrogens is 288 g/mol. The maximum atomic E-state index is 5.89. The zero-order valence-corrected chi connectivity index (χ0v) is 11.3. The smallest absolute Gasteiger partial charge is 0.0994 e. The molecule has 0 aliphatic heterocycles. The maximum absolute atomic E-state index is 5.89. The molecule has 0 saturated carbocycles. The van der Waals surface area contributed by atoms with Crippen molar-refractivity contribution in [3.05, 3.63) is 32.7 Å². The standard InChI is InChI=1S/C10H13BrN4S/c1-2-8(12)9-5-15(14-13-9)6-10-7(11)3-4-16-10/h3-5,8H,2,6,12H2,1H3. The normalized spacial score (nSPS) is 12.9. The summed E-state index contributed by atoms with van der Waals surface area (Å²) < 4.78 is 2.94. The Morgan fingerprint density at radius 3 is 3.06 bits per heavy atom. The molecule has 0 aromatic carbocycles. The van der Waals surface area contributed by atoms with E-state index < -0.39 is 0 Å². The van der Waals surface area contributed by atoms with Crippen LogP contribution in [0, 0.1) is 0 Å². The van der Waals surface area contributed by atoms with Crippen LogP contribution in [0.1, 0.15) is 30.0 Å². The predicted molar refractivity (Wildman–Crippen MR) is 68.4 cm³/mol. The van der Waals surface area contributed by atoms with E-state index in [2.05, 4.69) is 31.6 Å². The number of halogens is 1. The van der Waals surface area contributed by atoms with Gasteiger partial charge >= 0.3 is 0 Å². The largest absolute Gasteiger partial charge is 0.323 e. The Morgan fingerprint density at radius 2 is 2.44 bits per heavy atom. The van der Waals surface area contributed by atoms with Gasteiger partial charge in [-0.25, -0.2) is 4.68 Å². The monoisotopic (exact) mass is 300 g/mol. The molecule has 4 nitrogen and oxygen atoms in total. The average molecular weight is 301 g/mol. The van der Waals surface area contributed by atoms with Gasteiger partial charge < -0.3 is 5.73 Å². The number of nitrogens with two attached hydrogens (primary N) is 1. The van der Waals surface area contributed by atoms with Gasteiger partial charge in [-0.3, -0.25) is 0 Å². The summed E-state index contributed by atoms with van der Waals surface area (Å²) in [5, 5.41) is 10.2. The molecule has 0 amide bonds. The van der Waals surface area contributed by atoms with Crippen LogP contribution in [0.4, 0.5) is 0 Å². The van der Waals surface area contributed by atoms with Crippen LogP contribution < -0.4 is 5.73 Å². The molecule has 2 aromatic heterocycles. The third-order valence-corrected chi connectivity index (χ3v) is 4.28. The molecule has 2 aromatic rings. The molecule has 2 N–H and O–H groups in total. The minimum absolute atomic E-state index is 0.0134. The van der Waals surface area contributed by atoms with E-state index in [-0.39, 0.29) is 6.04 Å². The van der Waals surface area contributed by atoms with Crippen molar-refractivity contribution in [2.75, 3.05) is 0 Å². The Kier molecular flexibility index (Phi) is 3.73. The first-order chi connectivity index (χ1) is 7.70. The molecule has 1 unspecified atom stereocenters. The van der Waals surface area contributed by atoms with Gasteiger partial charge in [0.05, 0.1) is 24.5 Å². The van der Waals surface area contributed by atoms with Crippen LogP contribution in [-0.4, -0.2) is 15.0 Å². The van der Waals surface area contributed by atoms with Gasteiger partial charge in [-0.05, 0) is 33.8 Å². The van der Waals surface area contributed by atoms with Crippen LogP contribution in [0.15, 0.2) is 22.1 Å². The van der Waals surface area contributed by atoms with E-state index >= 15 is 0 Å². The van der Waals surface area contributed by atoms with E-state index in [1.165, 1.54) is 4.88 Å². The van der Waals surface area contributed by atoms with Gasteiger partial charge in [0.15, 0.2) is 0 Å². The van der Waals surface area contributed by atoms with Crippen LogP contribution in [0.5, 0.6) is 0 Å². The van der Waals surface area contributed by atoms with Gasteiger partial charge in [-0.2, -0.15) is 0 Å². The van der Waals surface area contributed by atoms with Crippen molar-refractivity contribution in [2.24, 2.45) is 5.73 Å². The van der Waals surface area contributed by atoms with Gasteiger partial charge in [0.25, 0.3) is 0 Å². The van der Waals surface area contributed by atoms with Crippen molar-refractivity contribution in [3.63, 3.8) is 0 Å². The Bertz CT molecular complexity index is 465. The summed E-state index contributed by atoms with van der Waals surface area (Å²) in [7, 11) is 0. The second-order valence-electron chi connectivity index (χ2n) is 3.55. The molecule has 0 radical (unpaired) electrons. The maximum Gasteiger partial charge on any atom is 0.0994 e. The Hall–Kier alpha value is -0.720. The summed E-state index contributed by atoms with van der Waals surface area (Å²) >= 11 is 5.20. The minimum Gasteiger partial charge on any atom is -0.323 e. The van der Waals surface area contributed by atoms with E-state index in [9.17, 15) is 0 Å². The average Bonchev–Trinajstić information content (AvgIpc) is 2.89. The third-order valence-electron chi connectivity index (χ3n) is 2.37. The van der Waals surface area contributed by atoms with Crippen molar-refractivity contribution in [1.29, 1.82) is 0 Å². The summed E-state index contributed by atoms with van der Waals surface area (Å²) in [6.07, 6.45) is 2.79. The molecule has 0 fully saturated rings. The molecule has 0 saturated heterocycles. The highest BCUT2D eigenvalue weighted by molar-refractivity contribution is 9.10. The molecule has 2 rings (SSSR count). The van der Waals surface area contributed by atoms with E-state index in [1.807, 2.05) is 23.9 Å². The van der Waals surface area contributed by atoms with Crippen molar-refractivity contribution < 1.29 is 0 Å². The zero-order chi connectivity index (χ0) is 11.5. The minimum atomic E-state index is -0.0134. The summed E-state index contributed by atoms with van der Waals surface area (Å²) in [6, 6.07) is 2.02. The van der Waals surface area contributed by atoms with Gasteiger partial charge in [0.2, 0.25) is 0 Å². The quantitative estimate of drug-likeness (QED) is 0.944. The van der Waals surface area contributed by atoms with Crippen molar-refractivity contribution in [2.45, 2.75) is 25.9 Å². The lowest BCUT2D eigenvalue weighted by Gasteiger charge is -2.01. The summed E-state index contributed by atoms with van der Waals surface area (Å²) in [6.45, 7) is 2.78. The predicted octanol–water partition coefficient (Wildman–Crippen LogP) is 2.56. The summed E-state index contributed by atoms with van der Waals surface area (Å²) in [4.78, 5) is 1.24.